The van der Waals surface area contributed by atoms with Crippen LogP contribution in [0, 0.1) is 6.92 Å². The number of anilines is 1. The molecule has 0 spiro atoms. The Labute approximate surface area is 130 Å². The van der Waals surface area contributed by atoms with E-state index < -0.39 is 0 Å². The molecule has 112 valence electrons. The quantitative estimate of drug-likeness (QED) is 0.695. The molecule has 1 N–H and O–H groups in total. The summed E-state index contributed by atoms with van der Waals surface area (Å²) < 4.78 is 5.28. The van der Waals surface area contributed by atoms with E-state index in [1.807, 2.05) is 30.3 Å². The number of aromatic nitrogens is 2. The van der Waals surface area contributed by atoms with Gasteiger partial charge in [-0.2, -0.15) is 4.98 Å². The molecule has 0 saturated heterocycles. The first-order valence-electron chi connectivity index (χ1n) is 7.50. The molecule has 0 radical (unpaired) electrons. The van der Waals surface area contributed by atoms with Crippen LogP contribution in [0.15, 0.2) is 59.1 Å². The third-order valence-corrected chi connectivity index (χ3v) is 3.49. The number of rotatable bonds is 6. The van der Waals surface area contributed by atoms with Crippen molar-refractivity contribution in [2.75, 3.05) is 11.9 Å². The van der Waals surface area contributed by atoms with Gasteiger partial charge < -0.3 is 9.84 Å². The van der Waals surface area contributed by atoms with Gasteiger partial charge in [0.2, 0.25) is 0 Å². The molecule has 0 aliphatic carbocycles. The normalized spacial score (nSPS) is 10.6. The minimum atomic E-state index is 0.545. The SMILES string of the molecule is Cc1ccc(-c2nc(NCCCc3ccccc3)no2)cc1. The predicted molar refractivity (Wildman–Crippen MR) is 87.7 cm³/mol. The molecule has 0 atom stereocenters. The maximum absolute atomic E-state index is 5.28. The van der Waals surface area contributed by atoms with Crippen molar-refractivity contribution in [1.29, 1.82) is 0 Å². The van der Waals surface area contributed by atoms with Gasteiger partial charge in [-0.3, -0.25) is 0 Å². The van der Waals surface area contributed by atoms with Gasteiger partial charge in [-0.15, -0.1) is 0 Å². The standard InChI is InChI=1S/C18H19N3O/c1-14-9-11-16(12-10-14)17-20-18(21-22-17)19-13-5-8-15-6-3-2-4-7-15/h2-4,6-7,9-12H,5,8,13H2,1H3,(H,19,21). The maximum Gasteiger partial charge on any atom is 0.263 e. The van der Waals surface area contributed by atoms with Crippen LogP contribution in [0.5, 0.6) is 0 Å². The lowest BCUT2D eigenvalue weighted by molar-refractivity contribution is 0.432. The molecule has 0 aliphatic rings. The smallest absolute Gasteiger partial charge is 0.263 e. The van der Waals surface area contributed by atoms with Gasteiger partial charge in [0.15, 0.2) is 0 Å². The largest absolute Gasteiger partial charge is 0.352 e. The van der Waals surface area contributed by atoms with E-state index in [-0.39, 0.29) is 0 Å². The van der Waals surface area contributed by atoms with Crippen LogP contribution in [-0.2, 0) is 6.42 Å². The van der Waals surface area contributed by atoms with Gasteiger partial charge in [-0.05, 0) is 42.6 Å². The fourth-order valence-corrected chi connectivity index (χ4v) is 2.25. The van der Waals surface area contributed by atoms with Crippen molar-refractivity contribution < 1.29 is 4.52 Å². The second kappa shape index (κ2) is 6.89. The maximum atomic E-state index is 5.28. The van der Waals surface area contributed by atoms with Crippen LogP contribution in [0.3, 0.4) is 0 Å². The zero-order valence-electron chi connectivity index (χ0n) is 12.6. The lowest BCUT2D eigenvalue weighted by atomic mass is 10.1. The van der Waals surface area contributed by atoms with Gasteiger partial charge in [0.1, 0.15) is 0 Å². The topological polar surface area (TPSA) is 51.0 Å². The molecule has 0 fully saturated rings. The van der Waals surface area contributed by atoms with E-state index >= 15 is 0 Å². The Balaban J connectivity index is 1.50. The van der Waals surface area contributed by atoms with Crippen molar-refractivity contribution in [2.45, 2.75) is 19.8 Å². The van der Waals surface area contributed by atoms with Gasteiger partial charge in [0, 0.05) is 12.1 Å². The van der Waals surface area contributed by atoms with Crippen LogP contribution < -0.4 is 5.32 Å². The summed E-state index contributed by atoms with van der Waals surface area (Å²) in [7, 11) is 0. The van der Waals surface area contributed by atoms with Crippen molar-refractivity contribution in [3.05, 3.63) is 65.7 Å². The molecule has 4 heteroatoms. The third kappa shape index (κ3) is 3.73. The summed E-state index contributed by atoms with van der Waals surface area (Å²) in [4.78, 5) is 4.37. The number of benzene rings is 2. The molecular formula is C18H19N3O. The Morgan fingerprint density at radius 3 is 2.55 bits per heavy atom. The van der Waals surface area contributed by atoms with Gasteiger partial charge in [0.25, 0.3) is 11.8 Å². The Morgan fingerprint density at radius 1 is 1.00 bits per heavy atom. The lowest BCUT2D eigenvalue weighted by Crippen LogP contribution is -2.04. The molecule has 0 saturated carbocycles. The number of nitrogens with zero attached hydrogens (tertiary/aromatic N) is 2. The fourth-order valence-electron chi connectivity index (χ4n) is 2.25. The van der Waals surface area contributed by atoms with E-state index in [9.17, 15) is 0 Å². The summed E-state index contributed by atoms with van der Waals surface area (Å²) >= 11 is 0. The molecule has 1 aromatic heterocycles. The van der Waals surface area contributed by atoms with Crippen LogP contribution in [0.1, 0.15) is 17.5 Å². The predicted octanol–water partition coefficient (Wildman–Crippen LogP) is 4.09. The van der Waals surface area contributed by atoms with Gasteiger partial charge in [-0.1, -0.05) is 48.0 Å². The van der Waals surface area contributed by atoms with Crippen LogP contribution in [0.2, 0.25) is 0 Å². The van der Waals surface area contributed by atoms with E-state index in [1.165, 1.54) is 11.1 Å². The number of aryl methyl sites for hydroxylation is 2. The zero-order chi connectivity index (χ0) is 15.2. The molecule has 0 amide bonds. The van der Waals surface area contributed by atoms with Crippen LogP contribution in [-0.4, -0.2) is 16.7 Å². The summed E-state index contributed by atoms with van der Waals surface area (Å²) in [5.74, 6) is 1.09. The van der Waals surface area contributed by atoms with Crippen molar-refractivity contribution in [1.82, 2.24) is 10.1 Å². The fraction of sp³-hybridized carbons (Fsp3) is 0.222. The first-order valence-corrected chi connectivity index (χ1v) is 7.50. The van der Waals surface area contributed by atoms with Gasteiger partial charge in [0.05, 0.1) is 0 Å². The van der Waals surface area contributed by atoms with Crippen LogP contribution in [0.4, 0.5) is 5.95 Å². The lowest BCUT2D eigenvalue weighted by Gasteiger charge is -2.01. The highest BCUT2D eigenvalue weighted by Crippen LogP contribution is 2.18. The molecule has 3 aromatic rings. The Kier molecular flexibility index (Phi) is 4.49. The highest BCUT2D eigenvalue weighted by molar-refractivity contribution is 5.54. The highest BCUT2D eigenvalue weighted by Gasteiger charge is 2.07. The second-order valence-corrected chi connectivity index (χ2v) is 5.31. The number of nitrogens with one attached hydrogen (secondary N) is 1. The van der Waals surface area contributed by atoms with Gasteiger partial charge in [-0.25, -0.2) is 0 Å². The summed E-state index contributed by atoms with van der Waals surface area (Å²) in [5, 5.41) is 7.16. The van der Waals surface area contributed by atoms with Crippen molar-refractivity contribution in [3.8, 4) is 11.5 Å². The first-order chi connectivity index (χ1) is 10.8. The summed E-state index contributed by atoms with van der Waals surface area (Å²) in [5.41, 5.74) is 3.50. The number of hydrogen-bond acceptors (Lipinski definition) is 4. The third-order valence-electron chi connectivity index (χ3n) is 3.49. The monoisotopic (exact) mass is 293 g/mol. The molecular weight excluding hydrogens is 274 g/mol. The molecule has 0 aliphatic heterocycles. The zero-order valence-corrected chi connectivity index (χ0v) is 12.6. The van der Waals surface area contributed by atoms with Crippen molar-refractivity contribution in [3.63, 3.8) is 0 Å². The van der Waals surface area contributed by atoms with E-state index in [0.717, 1.165) is 24.9 Å². The summed E-state index contributed by atoms with van der Waals surface area (Å²) in [6.45, 7) is 2.87. The average molecular weight is 293 g/mol. The molecule has 0 bridgehead atoms. The molecule has 1 heterocycles. The van der Waals surface area contributed by atoms with Crippen LogP contribution >= 0.6 is 0 Å². The van der Waals surface area contributed by atoms with Crippen molar-refractivity contribution in [2.24, 2.45) is 0 Å². The van der Waals surface area contributed by atoms with E-state index in [1.54, 1.807) is 0 Å². The molecule has 3 rings (SSSR count). The van der Waals surface area contributed by atoms with Gasteiger partial charge >= 0.3 is 0 Å². The minimum Gasteiger partial charge on any atom is -0.352 e. The molecule has 4 nitrogen and oxygen atoms in total. The minimum absolute atomic E-state index is 0.545. The molecule has 22 heavy (non-hydrogen) atoms. The average Bonchev–Trinajstić information content (AvgIpc) is 3.02. The molecule has 2 aromatic carbocycles. The second-order valence-electron chi connectivity index (χ2n) is 5.31. The van der Waals surface area contributed by atoms with E-state index in [2.05, 4.69) is 46.6 Å². The Morgan fingerprint density at radius 2 is 1.77 bits per heavy atom. The summed E-state index contributed by atoms with van der Waals surface area (Å²) in [6.07, 6.45) is 2.06. The van der Waals surface area contributed by atoms with E-state index in [4.69, 9.17) is 4.52 Å². The Bertz CT molecular complexity index is 705. The van der Waals surface area contributed by atoms with E-state index in [0.29, 0.717) is 11.8 Å². The first kappa shape index (κ1) is 14.3. The van der Waals surface area contributed by atoms with Crippen LogP contribution in [0.25, 0.3) is 11.5 Å². The summed E-state index contributed by atoms with van der Waals surface area (Å²) in [6, 6.07) is 18.5. The Hall–Kier alpha value is -2.62. The number of hydrogen-bond donors (Lipinski definition) is 1. The molecule has 0 unspecified atom stereocenters. The van der Waals surface area contributed by atoms with Crippen molar-refractivity contribution >= 4 is 5.95 Å². The highest BCUT2D eigenvalue weighted by atomic mass is 16.5.